The van der Waals surface area contributed by atoms with Gasteiger partial charge in [0.15, 0.2) is 0 Å². The first-order chi connectivity index (χ1) is 15.6. The lowest BCUT2D eigenvalue weighted by molar-refractivity contribution is -0.125. The van der Waals surface area contributed by atoms with Crippen LogP contribution < -0.4 is 9.62 Å². The topological polar surface area (TPSA) is 66.5 Å². The van der Waals surface area contributed by atoms with E-state index in [9.17, 15) is 13.2 Å². The summed E-state index contributed by atoms with van der Waals surface area (Å²) in [7, 11) is -3.90. The largest absolute Gasteiger partial charge is 0.349 e. The minimum Gasteiger partial charge on any atom is -0.349 e. The van der Waals surface area contributed by atoms with Gasteiger partial charge >= 0.3 is 0 Å². The molecule has 0 heterocycles. The third-order valence-electron chi connectivity index (χ3n) is 8.18. The average Bonchev–Trinajstić information content (AvgIpc) is 2.73. The molecule has 4 aliphatic rings. The molecule has 2 aromatic rings. The smallest absolute Gasteiger partial charge is 0.264 e. The minimum atomic E-state index is -3.90. The molecule has 0 spiro atoms. The Bertz CT molecular complexity index is 1140. The van der Waals surface area contributed by atoms with Crippen LogP contribution in [0.25, 0.3) is 0 Å². The Morgan fingerprint density at radius 3 is 2.09 bits per heavy atom. The van der Waals surface area contributed by atoms with Gasteiger partial charge in [-0.15, -0.1) is 0 Å². The van der Waals surface area contributed by atoms with Crippen LogP contribution in [0.2, 0.25) is 0 Å². The van der Waals surface area contributed by atoms with Crippen molar-refractivity contribution in [1.29, 1.82) is 0 Å². The molecule has 1 amide bonds. The van der Waals surface area contributed by atoms with Crippen LogP contribution in [0.4, 0.5) is 5.69 Å². The molecule has 33 heavy (non-hydrogen) atoms. The standard InChI is InChI=1S/C27H34N2O3S/c1-18-7-9-24(10-8-18)33(31,32)29(25-6-4-5-19(2)20(25)3)17-26(30)28-27-14-21-11-22(15-27)13-23(12-21)16-27/h4-10,21-23H,11-17H2,1-3H3,(H,28,30). The zero-order chi connectivity index (χ0) is 23.4. The second-order valence-corrected chi connectivity index (χ2v) is 12.7. The quantitative estimate of drug-likeness (QED) is 0.659. The van der Waals surface area contributed by atoms with Crippen LogP contribution in [0.5, 0.6) is 0 Å². The number of benzene rings is 2. The Balaban J connectivity index is 1.45. The average molecular weight is 467 g/mol. The maximum atomic E-state index is 13.8. The Hall–Kier alpha value is -2.34. The second-order valence-electron chi connectivity index (χ2n) is 10.8. The number of carbonyl (C=O) groups excluding carboxylic acids is 1. The Morgan fingerprint density at radius 1 is 0.939 bits per heavy atom. The van der Waals surface area contributed by atoms with Crippen LogP contribution in [0, 0.1) is 38.5 Å². The molecule has 4 aliphatic carbocycles. The number of sulfonamides is 1. The summed E-state index contributed by atoms with van der Waals surface area (Å²) >= 11 is 0. The molecule has 0 aromatic heterocycles. The van der Waals surface area contributed by atoms with Gasteiger partial charge in [-0.25, -0.2) is 8.42 Å². The van der Waals surface area contributed by atoms with Crippen molar-refractivity contribution in [1.82, 2.24) is 5.32 Å². The van der Waals surface area contributed by atoms with Gasteiger partial charge in [-0.1, -0.05) is 29.8 Å². The molecule has 0 saturated heterocycles. The number of hydrogen-bond acceptors (Lipinski definition) is 3. The molecule has 4 saturated carbocycles. The summed E-state index contributed by atoms with van der Waals surface area (Å²) in [5, 5.41) is 3.35. The van der Waals surface area contributed by atoms with Crippen molar-refractivity contribution in [3.63, 3.8) is 0 Å². The fraction of sp³-hybridized carbons (Fsp3) is 0.519. The van der Waals surface area contributed by atoms with Gasteiger partial charge in [-0.3, -0.25) is 9.10 Å². The van der Waals surface area contributed by atoms with Gasteiger partial charge in [0.05, 0.1) is 10.6 Å². The van der Waals surface area contributed by atoms with E-state index in [1.54, 1.807) is 30.3 Å². The first-order valence-corrected chi connectivity index (χ1v) is 13.6. The summed E-state index contributed by atoms with van der Waals surface area (Å²) in [6, 6.07) is 12.5. The Morgan fingerprint density at radius 2 is 1.52 bits per heavy atom. The Kier molecular flexibility index (Phi) is 5.55. The zero-order valence-corrected chi connectivity index (χ0v) is 20.6. The van der Waals surface area contributed by atoms with E-state index >= 15 is 0 Å². The summed E-state index contributed by atoms with van der Waals surface area (Å²) in [6.07, 6.45) is 7.01. The molecule has 176 valence electrons. The number of nitrogens with one attached hydrogen (secondary N) is 1. The molecule has 0 atom stereocenters. The number of aryl methyl sites for hydroxylation is 2. The van der Waals surface area contributed by atoms with Crippen LogP contribution in [0.1, 0.15) is 55.2 Å². The van der Waals surface area contributed by atoms with Crippen molar-refractivity contribution in [2.45, 2.75) is 69.7 Å². The van der Waals surface area contributed by atoms with Crippen molar-refractivity contribution in [3.05, 3.63) is 59.2 Å². The summed E-state index contributed by atoms with van der Waals surface area (Å²) in [6.45, 7) is 5.60. The second kappa shape index (κ2) is 8.15. The fourth-order valence-corrected chi connectivity index (χ4v) is 8.35. The number of anilines is 1. The van der Waals surface area contributed by atoms with Crippen LogP contribution in [0.3, 0.4) is 0 Å². The number of carbonyl (C=O) groups is 1. The maximum Gasteiger partial charge on any atom is 0.264 e. The van der Waals surface area contributed by atoms with E-state index in [0.717, 1.165) is 36.0 Å². The minimum absolute atomic E-state index is 0.146. The molecule has 4 fully saturated rings. The summed E-state index contributed by atoms with van der Waals surface area (Å²) in [5.41, 5.74) is 3.28. The van der Waals surface area contributed by atoms with E-state index in [1.165, 1.54) is 23.6 Å². The molecule has 6 rings (SSSR count). The fourth-order valence-electron chi connectivity index (χ4n) is 6.87. The predicted molar refractivity (Wildman–Crippen MR) is 131 cm³/mol. The first kappa shape index (κ1) is 22.5. The van der Waals surface area contributed by atoms with Crippen LogP contribution in [0.15, 0.2) is 47.4 Å². The van der Waals surface area contributed by atoms with E-state index in [1.807, 2.05) is 32.9 Å². The van der Waals surface area contributed by atoms with Gasteiger partial charge in [-0.2, -0.15) is 0 Å². The molecular weight excluding hydrogens is 432 g/mol. The predicted octanol–water partition coefficient (Wildman–Crippen LogP) is 4.89. The highest BCUT2D eigenvalue weighted by atomic mass is 32.2. The Labute approximate surface area is 197 Å². The van der Waals surface area contributed by atoms with Crippen molar-refractivity contribution in [2.24, 2.45) is 17.8 Å². The number of nitrogens with zero attached hydrogens (tertiary/aromatic N) is 1. The lowest BCUT2D eigenvalue weighted by Crippen LogP contribution is -2.61. The number of amides is 1. The molecule has 0 radical (unpaired) electrons. The van der Waals surface area contributed by atoms with Crippen molar-refractivity contribution in [2.75, 3.05) is 10.8 Å². The van der Waals surface area contributed by atoms with Gasteiger partial charge in [0, 0.05) is 5.54 Å². The van der Waals surface area contributed by atoms with E-state index < -0.39 is 10.0 Å². The molecule has 2 aromatic carbocycles. The SMILES string of the molecule is Cc1ccc(S(=O)(=O)N(CC(=O)NC23CC4CC(CC(C4)C2)C3)c2cccc(C)c2C)cc1. The van der Waals surface area contributed by atoms with Crippen LogP contribution in [-0.4, -0.2) is 26.4 Å². The first-order valence-electron chi connectivity index (χ1n) is 12.1. The lowest BCUT2D eigenvalue weighted by atomic mass is 9.53. The maximum absolute atomic E-state index is 13.8. The van der Waals surface area contributed by atoms with Crippen molar-refractivity contribution in [3.8, 4) is 0 Å². The van der Waals surface area contributed by atoms with E-state index in [2.05, 4.69) is 5.32 Å². The van der Waals surface area contributed by atoms with Gasteiger partial charge < -0.3 is 5.32 Å². The van der Waals surface area contributed by atoms with E-state index in [0.29, 0.717) is 23.4 Å². The van der Waals surface area contributed by atoms with E-state index in [4.69, 9.17) is 0 Å². The van der Waals surface area contributed by atoms with Gasteiger partial charge in [-0.05, 0) is 106 Å². The highest BCUT2D eigenvalue weighted by Crippen LogP contribution is 2.55. The molecule has 4 bridgehead atoms. The molecule has 0 aliphatic heterocycles. The van der Waals surface area contributed by atoms with E-state index in [-0.39, 0.29) is 22.9 Å². The molecule has 6 heteroatoms. The molecule has 1 N–H and O–H groups in total. The molecular formula is C27H34N2O3S. The summed E-state index contributed by atoms with van der Waals surface area (Å²) < 4.78 is 28.8. The van der Waals surface area contributed by atoms with Crippen LogP contribution in [-0.2, 0) is 14.8 Å². The third kappa shape index (κ3) is 4.18. The third-order valence-corrected chi connectivity index (χ3v) is 9.96. The monoisotopic (exact) mass is 466 g/mol. The van der Waals surface area contributed by atoms with Gasteiger partial charge in [0.1, 0.15) is 6.54 Å². The number of rotatable bonds is 6. The highest BCUT2D eigenvalue weighted by Gasteiger charge is 2.51. The van der Waals surface area contributed by atoms with Crippen LogP contribution >= 0.6 is 0 Å². The van der Waals surface area contributed by atoms with Gasteiger partial charge in [0.25, 0.3) is 10.0 Å². The normalized spacial score (nSPS) is 28.0. The lowest BCUT2D eigenvalue weighted by Gasteiger charge is -2.57. The summed E-state index contributed by atoms with van der Waals surface area (Å²) in [5.74, 6) is 1.93. The molecule has 0 unspecified atom stereocenters. The van der Waals surface area contributed by atoms with Crippen molar-refractivity contribution >= 4 is 21.6 Å². The zero-order valence-electron chi connectivity index (χ0n) is 19.8. The summed E-state index contributed by atoms with van der Waals surface area (Å²) in [4.78, 5) is 13.6. The highest BCUT2D eigenvalue weighted by molar-refractivity contribution is 7.92. The van der Waals surface area contributed by atoms with Crippen molar-refractivity contribution < 1.29 is 13.2 Å². The molecule has 5 nitrogen and oxygen atoms in total. The van der Waals surface area contributed by atoms with Gasteiger partial charge in [0.2, 0.25) is 5.91 Å². The number of hydrogen-bond donors (Lipinski definition) is 1.